The van der Waals surface area contributed by atoms with Crippen LogP contribution >= 0.6 is 11.3 Å². The molecule has 0 spiro atoms. The van der Waals surface area contributed by atoms with Crippen LogP contribution < -0.4 is 9.47 Å². The summed E-state index contributed by atoms with van der Waals surface area (Å²) >= 11 is 1.46. The van der Waals surface area contributed by atoms with Gasteiger partial charge < -0.3 is 19.7 Å². The van der Waals surface area contributed by atoms with Gasteiger partial charge in [-0.3, -0.25) is 4.79 Å². The molecule has 7 nitrogen and oxygen atoms in total. The van der Waals surface area contributed by atoms with E-state index in [1.165, 1.54) is 62.6 Å². The van der Waals surface area contributed by atoms with E-state index in [0.29, 0.717) is 28.2 Å². The van der Waals surface area contributed by atoms with Crippen molar-refractivity contribution in [2.45, 2.75) is 19.4 Å². The Hall–Kier alpha value is -3.91. The predicted octanol–water partition coefficient (Wildman–Crippen LogP) is 5.26. The number of carboxylic acids is 2. The van der Waals surface area contributed by atoms with Crippen molar-refractivity contribution in [3.05, 3.63) is 76.7 Å². The summed E-state index contributed by atoms with van der Waals surface area (Å²) in [5, 5.41) is 20.4. The zero-order valence-corrected chi connectivity index (χ0v) is 19.0. The van der Waals surface area contributed by atoms with Crippen LogP contribution in [0.5, 0.6) is 11.5 Å². The molecule has 0 saturated carbocycles. The molecule has 170 valence electrons. The van der Waals surface area contributed by atoms with E-state index in [1.54, 1.807) is 18.2 Å². The maximum atomic E-state index is 12.6. The fourth-order valence-corrected chi connectivity index (χ4v) is 3.70. The second kappa shape index (κ2) is 9.70. The Morgan fingerprint density at radius 1 is 0.970 bits per heavy atom. The van der Waals surface area contributed by atoms with Crippen molar-refractivity contribution in [1.29, 1.82) is 0 Å². The van der Waals surface area contributed by atoms with Crippen molar-refractivity contribution >= 4 is 35.1 Å². The van der Waals surface area contributed by atoms with Crippen LogP contribution in [-0.4, -0.2) is 40.6 Å². The molecule has 0 bridgehead atoms. The van der Waals surface area contributed by atoms with Gasteiger partial charge in [-0.2, -0.15) is 0 Å². The summed E-state index contributed by atoms with van der Waals surface area (Å²) < 4.78 is 11.3. The molecule has 0 atom stereocenters. The molecule has 0 amide bonds. The van der Waals surface area contributed by atoms with Crippen molar-refractivity contribution in [2.75, 3.05) is 7.11 Å². The van der Waals surface area contributed by atoms with Crippen LogP contribution in [-0.2, 0) is 4.79 Å². The highest BCUT2D eigenvalue weighted by atomic mass is 32.1. The molecule has 1 heterocycles. The van der Waals surface area contributed by atoms with Crippen LogP contribution in [0.1, 0.15) is 40.1 Å². The maximum absolute atomic E-state index is 12.6. The molecular formula is C25H22O7S. The average molecular weight is 467 g/mol. The number of carbonyl (C=O) groups is 3. The van der Waals surface area contributed by atoms with Gasteiger partial charge in [0.15, 0.2) is 11.4 Å². The zero-order valence-electron chi connectivity index (χ0n) is 18.2. The molecule has 1 aromatic heterocycles. The summed E-state index contributed by atoms with van der Waals surface area (Å²) in [6.07, 6.45) is 2.96. The number of ether oxygens (including phenoxy) is 2. The molecule has 3 rings (SSSR count). The Bertz CT molecular complexity index is 1210. The Balaban J connectivity index is 1.99. The molecule has 2 N–H and O–H groups in total. The van der Waals surface area contributed by atoms with Gasteiger partial charge in [0, 0.05) is 27.6 Å². The summed E-state index contributed by atoms with van der Waals surface area (Å²) in [5.74, 6) is -1.74. The van der Waals surface area contributed by atoms with Crippen molar-refractivity contribution in [3.63, 3.8) is 0 Å². The number of aliphatic carboxylic acids is 1. The molecule has 0 aliphatic heterocycles. The number of ketones is 1. The van der Waals surface area contributed by atoms with Crippen LogP contribution in [0, 0.1) is 0 Å². The van der Waals surface area contributed by atoms with Crippen molar-refractivity contribution in [2.24, 2.45) is 0 Å². The number of methoxy groups -OCH3 is 1. The minimum absolute atomic E-state index is 0.0951. The first-order valence-corrected chi connectivity index (χ1v) is 10.7. The number of benzene rings is 2. The van der Waals surface area contributed by atoms with Gasteiger partial charge in [-0.25, -0.2) is 9.59 Å². The summed E-state index contributed by atoms with van der Waals surface area (Å²) in [7, 11) is 1.47. The van der Waals surface area contributed by atoms with Gasteiger partial charge in [0.05, 0.1) is 12.7 Å². The number of aromatic carboxylic acids is 1. The third-order valence-corrected chi connectivity index (χ3v) is 5.73. The van der Waals surface area contributed by atoms with Gasteiger partial charge in [-0.15, -0.1) is 11.3 Å². The highest BCUT2D eigenvalue weighted by Gasteiger charge is 2.31. The SMILES string of the molecule is COc1cc(OC(C)(C)C(=O)O)c(-c2cccs2)cc1/C=C/C(=O)c1ccc(C(=O)O)cc1. The first-order chi connectivity index (χ1) is 15.6. The van der Waals surface area contributed by atoms with Crippen LogP contribution in [0.3, 0.4) is 0 Å². The smallest absolute Gasteiger partial charge is 0.347 e. The van der Waals surface area contributed by atoms with E-state index >= 15 is 0 Å². The second-order valence-corrected chi connectivity index (χ2v) is 8.51. The highest BCUT2D eigenvalue weighted by Crippen LogP contribution is 2.40. The lowest BCUT2D eigenvalue weighted by Crippen LogP contribution is -2.38. The molecule has 0 unspecified atom stereocenters. The largest absolute Gasteiger partial charge is 0.496 e. The Morgan fingerprint density at radius 3 is 2.18 bits per heavy atom. The van der Waals surface area contributed by atoms with E-state index in [1.807, 2.05) is 17.5 Å². The number of thiophene rings is 1. The first-order valence-electron chi connectivity index (χ1n) is 9.86. The van der Waals surface area contributed by atoms with E-state index in [9.17, 15) is 19.5 Å². The number of allylic oxidation sites excluding steroid dienone is 1. The first kappa shape index (κ1) is 23.7. The molecule has 0 aliphatic carbocycles. The van der Waals surface area contributed by atoms with Crippen LogP contribution in [0.4, 0.5) is 0 Å². The minimum Gasteiger partial charge on any atom is -0.496 e. The summed E-state index contributed by atoms with van der Waals surface area (Å²) in [5.41, 5.74) is 0.233. The fraction of sp³-hybridized carbons (Fsp3) is 0.160. The number of hydrogen-bond acceptors (Lipinski definition) is 6. The van der Waals surface area contributed by atoms with Gasteiger partial charge in [-0.05, 0) is 55.6 Å². The molecule has 0 aliphatic rings. The van der Waals surface area contributed by atoms with E-state index in [4.69, 9.17) is 14.6 Å². The lowest BCUT2D eigenvalue weighted by molar-refractivity contribution is -0.152. The van der Waals surface area contributed by atoms with E-state index in [-0.39, 0.29) is 11.3 Å². The van der Waals surface area contributed by atoms with Gasteiger partial charge in [-0.1, -0.05) is 18.2 Å². The maximum Gasteiger partial charge on any atom is 0.347 e. The quantitative estimate of drug-likeness (QED) is 0.327. The van der Waals surface area contributed by atoms with Gasteiger partial charge in [0.2, 0.25) is 0 Å². The molecule has 0 saturated heterocycles. The fourth-order valence-electron chi connectivity index (χ4n) is 2.95. The van der Waals surface area contributed by atoms with E-state index < -0.39 is 17.5 Å². The van der Waals surface area contributed by atoms with Crippen LogP contribution in [0.2, 0.25) is 0 Å². The van der Waals surface area contributed by atoms with E-state index in [0.717, 1.165) is 4.88 Å². The molecule has 8 heteroatoms. The number of rotatable bonds is 9. The second-order valence-electron chi connectivity index (χ2n) is 7.57. The highest BCUT2D eigenvalue weighted by molar-refractivity contribution is 7.13. The van der Waals surface area contributed by atoms with Gasteiger partial charge >= 0.3 is 11.9 Å². The molecule has 2 aromatic carbocycles. The molecule has 0 radical (unpaired) electrons. The van der Waals surface area contributed by atoms with Gasteiger partial charge in [0.1, 0.15) is 11.5 Å². The van der Waals surface area contributed by atoms with Gasteiger partial charge in [0.25, 0.3) is 0 Å². The number of hydrogen-bond donors (Lipinski definition) is 2. The Morgan fingerprint density at radius 2 is 1.64 bits per heavy atom. The Labute approximate surface area is 194 Å². The molecule has 33 heavy (non-hydrogen) atoms. The zero-order chi connectivity index (χ0) is 24.2. The van der Waals surface area contributed by atoms with E-state index in [2.05, 4.69) is 0 Å². The summed E-state index contributed by atoms with van der Waals surface area (Å²) in [4.78, 5) is 36.0. The lowest BCUT2D eigenvalue weighted by atomic mass is 10.0. The van der Waals surface area contributed by atoms with Crippen LogP contribution in [0.25, 0.3) is 16.5 Å². The monoisotopic (exact) mass is 466 g/mol. The standard InChI is InChI=1S/C25H22O7S/c1-25(2,24(29)30)32-21-14-20(31-3)17(13-18(21)22-5-4-12-33-22)10-11-19(26)15-6-8-16(9-7-15)23(27)28/h4-14H,1-3H3,(H,27,28)(H,29,30)/b11-10+. The molecule has 0 fully saturated rings. The van der Waals surface area contributed by atoms with Crippen molar-refractivity contribution in [1.82, 2.24) is 0 Å². The minimum atomic E-state index is -1.47. The third kappa shape index (κ3) is 5.48. The normalized spacial score (nSPS) is 11.4. The van der Waals surface area contributed by atoms with Crippen molar-refractivity contribution in [3.8, 4) is 21.9 Å². The predicted molar refractivity (Wildman–Crippen MR) is 125 cm³/mol. The van der Waals surface area contributed by atoms with Crippen molar-refractivity contribution < 1.29 is 34.1 Å². The molecular weight excluding hydrogens is 444 g/mol. The summed E-state index contributed by atoms with van der Waals surface area (Å²) in [6, 6.07) is 12.8. The topological polar surface area (TPSA) is 110 Å². The number of carboxylic acid groups (broad SMARTS) is 2. The lowest BCUT2D eigenvalue weighted by Gasteiger charge is -2.24. The third-order valence-electron chi connectivity index (χ3n) is 4.83. The summed E-state index contributed by atoms with van der Waals surface area (Å²) in [6.45, 7) is 2.92. The van der Waals surface area contributed by atoms with Crippen LogP contribution in [0.15, 0.2) is 60.0 Å². The average Bonchev–Trinajstić information content (AvgIpc) is 3.32. The molecule has 3 aromatic rings. The number of carbonyl (C=O) groups excluding carboxylic acids is 1. The Kier molecular flexibility index (Phi) is 6.98.